The Morgan fingerprint density at radius 3 is 2.81 bits per heavy atom. The lowest BCUT2D eigenvalue weighted by Crippen LogP contribution is -2.13. The quantitative estimate of drug-likeness (QED) is 0.477. The van der Waals surface area contributed by atoms with Crippen molar-refractivity contribution in [2.45, 2.75) is 5.22 Å². The molecule has 27 heavy (non-hydrogen) atoms. The smallest absolute Gasteiger partial charge is 0.257 e. The number of amides is 1. The number of thioether (sulfide) groups is 1. The summed E-state index contributed by atoms with van der Waals surface area (Å²) in [5.41, 5.74) is 2.29. The Hall–Kier alpha value is -2.78. The van der Waals surface area contributed by atoms with E-state index in [2.05, 4.69) is 15.3 Å². The highest BCUT2D eigenvalue weighted by molar-refractivity contribution is 7.99. The van der Waals surface area contributed by atoms with Gasteiger partial charge in [0.2, 0.25) is 5.91 Å². The predicted molar refractivity (Wildman–Crippen MR) is 101 cm³/mol. The summed E-state index contributed by atoms with van der Waals surface area (Å²) in [6.45, 7) is 0. The molecular weight excluding hydrogens is 392 g/mol. The summed E-state index contributed by atoms with van der Waals surface area (Å²) < 4.78 is 31.9. The number of thiazole rings is 1. The second-order valence-corrected chi connectivity index (χ2v) is 7.24. The molecule has 0 aliphatic carbocycles. The number of nitrogens with one attached hydrogen (secondary N) is 1. The van der Waals surface area contributed by atoms with Crippen LogP contribution < -0.4 is 5.32 Å². The van der Waals surface area contributed by atoms with Crippen LogP contribution in [0.3, 0.4) is 0 Å². The van der Waals surface area contributed by atoms with Gasteiger partial charge in [0.05, 0.1) is 11.4 Å². The van der Waals surface area contributed by atoms with Crippen LogP contribution in [0.5, 0.6) is 0 Å². The fourth-order valence-electron chi connectivity index (χ4n) is 2.31. The summed E-state index contributed by atoms with van der Waals surface area (Å²) in [7, 11) is 0. The SMILES string of the molecule is O=C(CSc1nc2ccccc2o1)Nc1nc(-c2ccc(F)c(F)c2)cs1. The molecule has 0 fully saturated rings. The van der Waals surface area contributed by atoms with Crippen LogP contribution >= 0.6 is 23.1 Å². The first-order valence-electron chi connectivity index (χ1n) is 7.78. The second kappa shape index (κ2) is 7.45. The van der Waals surface area contributed by atoms with E-state index in [1.54, 1.807) is 5.38 Å². The van der Waals surface area contributed by atoms with Gasteiger partial charge in [0.25, 0.3) is 5.22 Å². The Morgan fingerprint density at radius 2 is 2.00 bits per heavy atom. The lowest BCUT2D eigenvalue weighted by molar-refractivity contribution is -0.113. The molecule has 0 aliphatic rings. The molecule has 0 atom stereocenters. The number of anilines is 1. The average molecular weight is 403 g/mol. The number of oxazole rings is 1. The van der Waals surface area contributed by atoms with E-state index in [1.807, 2.05) is 24.3 Å². The van der Waals surface area contributed by atoms with Gasteiger partial charge in [-0.2, -0.15) is 0 Å². The van der Waals surface area contributed by atoms with E-state index in [-0.39, 0.29) is 11.7 Å². The highest BCUT2D eigenvalue weighted by Crippen LogP contribution is 2.27. The largest absolute Gasteiger partial charge is 0.431 e. The molecule has 2 heterocycles. The Labute approximate surface area is 160 Å². The molecule has 4 aromatic rings. The number of carbonyl (C=O) groups is 1. The molecule has 1 amide bonds. The average Bonchev–Trinajstić information content (AvgIpc) is 3.28. The third kappa shape index (κ3) is 3.99. The predicted octanol–water partition coefficient (Wildman–Crippen LogP) is 4.96. The van der Waals surface area contributed by atoms with Crippen LogP contribution in [-0.4, -0.2) is 21.6 Å². The van der Waals surface area contributed by atoms with Crippen molar-refractivity contribution in [1.29, 1.82) is 0 Å². The van der Waals surface area contributed by atoms with Crippen LogP contribution in [0.1, 0.15) is 0 Å². The molecule has 0 aliphatic heterocycles. The molecule has 9 heteroatoms. The number of aromatic nitrogens is 2. The Morgan fingerprint density at radius 1 is 1.15 bits per heavy atom. The van der Waals surface area contributed by atoms with E-state index in [4.69, 9.17) is 4.42 Å². The number of fused-ring (bicyclic) bond motifs is 1. The molecule has 1 N–H and O–H groups in total. The first-order valence-corrected chi connectivity index (χ1v) is 9.64. The van der Waals surface area contributed by atoms with Crippen LogP contribution in [-0.2, 0) is 4.79 Å². The van der Waals surface area contributed by atoms with Crippen molar-refractivity contribution >= 4 is 45.2 Å². The zero-order valence-electron chi connectivity index (χ0n) is 13.6. The van der Waals surface area contributed by atoms with E-state index in [1.165, 1.54) is 29.2 Å². The number of hydrogen-bond donors (Lipinski definition) is 1. The third-order valence-corrected chi connectivity index (χ3v) is 5.15. The summed E-state index contributed by atoms with van der Waals surface area (Å²) in [4.78, 5) is 20.6. The van der Waals surface area contributed by atoms with Crippen molar-refractivity contribution in [1.82, 2.24) is 9.97 Å². The molecule has 136 valence electrons. The van der Waals surface area contributed by atoms with E-state index >= 15 is 0 Å². The Kier molecular flexibility index (Phi) is 4.87. The van der Waals surface area contributed by atoms with Gasteiger partial charge in [-0.25, -0.2) is 18.7 Å². The molecular formula is C18H11F2N3O2S2. The van der Waals surface area contributed by atoms with Crippen molar-refractivity contribution in [2.75, 3.05) is 11.1 Å². The monoisotopic (exact) mass is 403 g/mol. The lowest BCUT2D eigenvalue weighted by atomic mass is 10.2. The van der Waals surface area contributed by atoms with Crippen molar-refractivity contribution in [3.05, 3.63) is 59.5 Å². The number of para-hydroxylation sites is 2. The second-order valence-electron chi connectivity index (χ2n) is 5.45. The van der Waals surface area contributed by atoms with Gasteiger partial charge in [0, 0.05) is 10.9 Å². The number of nitrogens with zero attached hydrogens (tertiary/aromatic N) is 2. The van der Waals surface area contributed by atoms with Crippen molar-refractivity contribution in [3.8, 4) is 11.3 Å². The van der Waals surface area contributed by atoms with Gasteiger partial charge < -0.3 is 9.73 Å². The fourth-order valence-corrected chi connectivity index (χ4v) is 3.69. The van der Waals surface area contributed by atoms with Gasteiger partial charge in [-0.1, -0.05) is 23.9 Å². The third-order valence-electron chi connectivity index (χ3n) is 3.57. The van der Waals surface area contributed by atoms with E-state index in [0.29, 0.717) is 27.2 Å². The summed E-state index contributed by atoms with van der Waals surface area (Å²) in [6.07, 6.45) is 0. The van der Waals surface area contributed by atoms with E-state index in [9.17, 15) is 13.6 Å². The van der Waals surface area contributed by atoms with E-state index in [0.717, 1.165) is 17.6 Å². The topological polar surface area (TPSA) is 68.0 Å². The van der Waals surface area contributed by atoms with Crippen molar-refractivity contribution < 1.29 is 18.0 Å². The van der Waals surface area contributed by atoms with Gasteiger partial charge in [0.15, 0.2) is 22.3 Å². The highest BCUT2D eigenvalue weighted by atomic mass is 32.2. The van der Waals surface area contributed by atoms with Crippen LogP contribution in [0.15, 0.2) is 57.5 Å². The van der Waals surface area contributed by atoms with Gasteiger partial charge in [0.1, 0.15) is 5.52 Å². The first kappa shape index (κ1) is 17.6. The number of halogens is 2. The maximum Gasteiger partial charge on any atom is 0.257 e. The number of carbonyl (C=O) groups excluding carboxylic acids is 1. The fraction of sp³-hybridized carbons (Fsp3) is 0.0556. The molecule has 5 nitrogen and oxygen atoms in total. The van der Waals surface area contributed by atoms with Gasteiger partial charge in [-0.15, -0.1) is 11.3 Å². The van der Waals surface area contributed by atoms with Crippen LogP contribution in [0.2, 0.25) is 0 Å². The van der Waals surface area contributed by atoms with Crippen molar-refractivity contribution in [3.63, 3.8) is 0 Å². The maximum absolute atomic E-state index is 13.3. The van der Waals surface area contributed by atoms with Gasteiger partial charge in [-0.3, -0.25) is 4.79 Å². The minimum absolute atomic E-state index is 0.104. The highest BCUT2D eigenvalue weighted by Gasteiger charge is 2.12. The molecule has 4 rings (SSSR count). The molecule has 2 aromatic carbocycles. The van der Waals surface area contributed by atoms with Crippen LogP contribution in [0, 0.1) is 11.6 Å². The molecule has 2 aromatic heterocycles. The first-order chi connectivity index (χ1) is 13.1. The normalized spacial score (nSPS) is 11.0. The summed E-state index contributed by atoms with van der Waals surface area (Å²) >= 11 is 2.38. The summed E-state index contributed by atoms with van der Waals surface area (Å²) in [5, 5.41) is 5.12. The molecule has 0 unspecified atom stereocenters. The van der Waals surface area contributed by atoms with Crippen LogP contribution in [0.25, 0.3) is 22.4 Å². The number of benzene rings is 2. The lowest BCUT2D eigenvalue weighted by Gasteiger charge is -2.00. The minimum atomic E-state index is -0.944. The number of rotatable bonds is 5. The zero-order chi connectivity index (χ0) is 18.8. The van der Waals surface area contributed by atoms with Gasteiger partial charge in [-0.05, 0) is 30.3 Å². The molecule has 0 radical (unpaired) electrons. The van der Waals surface area contributed by atoms with Crippen LogP contribution in [0.4, 0.5) is 13.9 Å². The zero-order valence-corrected chi connectivity index (χ0v) is 15.2. The maximum atomic E-state index is 13.3. The van der Waals surface area contributed by atoms with Gasteiger partial charge >= 0.3 is 0 Å². The summed E-state index contributed by atoms with van der Waals surface area (Å²) in [5.74, 6) is -2.03. The molecule has 0 saturated heterocycles. The Bertz CT molecular complexity index is 1090. The van der Waals surface area contributed by atoms with Crippen molar-refractivity contribution in [2.24, 2.45) is 0 Å². The number of hydrogen-bond acceptors (Lipinski definition) is 6. The minimum Gasteiger partial charge on any atom is -0.431 e. The Balaban J connectivity index is 1.38. The summed E-state index contributed by atoms with van der Waals surface area (Å²) in [6, 6.07) is 10.9. The standard InChI is InChI=1S/C18H11F2N3O2S2/c19-11-6-5-10(7-12(11)20)14-8-26-17(21-14)23-16(24)9-27-18-22-13-3-1-2-4-15(13)25-18/h1-8H,9H2,(H,21,23,24). The molecule has 0 bridgehead atoms. The van der Waals surface area contributed by atoms with E-state index < -0.39 is 11.6 Å². The molecule has 0 saturated carbocycles. The molecule has 0 spiro atoms.